The van der Waals surface area contributed by atoms with Crippen LogP contribution in [0.1, 0.15) is 40.2 Å². The fourth-order valence-electron chi connectivity index (χ4n) is 2.85. The molecule has 0 saturated heterocycles. The molecule has 2 N–H and O–H groups in total. The van der Waals surface area contributed by atoms with Crippen LogP contribution in [0.3, 0.4) is 0 Å². The van der Waals surface area contributed by atoms with E-state index in [0.29, 0.717) is 5.69 Å². The number of rotatable bonds is 5. The van der Waals surface area contributed by atoms with E-state index in [0.717, 1.165) is 49.1 Å². The van der Waals surface area contributed by atoms with Crippen molar-refractivity contribution >= 4 is 5.91 Å². The zero-order chi connectivity index (χ0) is 17.9. The monoisotopic (exact) mass is 353 g/mol. The van der Waals surface area contributed by atoms with E-state index in [4.69, 9.17) is 4.74 Å². The van der Waals surface area contributed by atoms with Crippen LogP contribution in [0.5, 0.6) is 5.75 Å². The number of amides is 1. The summed E-state index contributed by atoms with van der Waals surface area (Å²) in [7, 11) is 0. The van der Waals surface area contributed by atoms with Gasteiger partial charge in [-0.05, 0) is 43.9 Å². The van der Waals surface area contributed by atoms with E-state index < -0.39 is 11.7 Å². The van der Waals surface area contributed by atoms with E-state index >= 15 is 0 Å². The molecule has 5 nitrogen and oxygen atoms in total. The molecule has 1 aromatic carbocycles. The van der Waals surface area contributed by atoms with Crippen molar-refractivity contribution in [2.24, 2.45) is 0 Å². The van der Waals surface area contributed by atoms with Gasteiger partial charge in [-0.2, -0.15) is 18.3 Å². The molecule has 1 amide bonds. The number of aromatic nitrogens is 2. The topological polar surface area (TPSA) is 67.0 Å². The Balaban J connectivity index is 1.50. The standard InChI is InChI=1S/C17H18F3N3O2/c18-17(19,20)11-4-3-5-12(10-11)25-9-8-21-16(24)15-13-6-1-2-7-14(13)22-23-15/h3-5,10H,1-2,6-9H2,(H,21,24)(H,22,23). The molecule has 8 heteroatoms. The number of benzene rings is 1. The molecule has 1 aliphatic rings. The molecule has 1 aliphatic carbocycles. The highest BCUT2D eigenvalue weighted by Gasteiger charge is 2.30. The molecule has 134 valence electrons. The number of aryl methyl sites for hydroxylation is 1. The molecule has 0 saturated carbocycles. The first kappa shape index (κ1) is 17.3. The molecule has 1 heterocycles. The van der Waals surface area contributed by atoms with Crippen molar-refractivity contribution in [1.82, 2.24) is 15.5 Å². The van der Waals surface area contributed by atoms with E-state index in [-0.39, 0.29) is 24.8 Å². The maximum absolute atomic E-state index is 12.6. The second kappa shape index (κ2) is 7.16. The van der Waals surface area contributed by atoms with Gasteiger partial charge in [0.05, 0.1) is 12.1 Å². The van der Waals surface area contributed by atoms with Crippen LogP contribution in [0, 0.1) is 0 Å². The molecule has 3 rings (SSSR count). The molecular weight excluding hydrogens is 335 g/mol. The summed E-state index contributed by atoms with van der Waals surface area (Å²) < 4.78 is 43.2. The van der Waals surface area contributed by atoms with Gasteiger partial charge in [-0.15, -0.1) is 0 Å². The lowest BCUT2D eigenvalue weighted by atomic mass is 9.96. The number of carbonyl (C=O) groups is 1. The summed E-state index contributed by atoms with van der Waals surface area (Å²) in [6, 6.07) is 4.65. The molecular formula is C17H18F3N3O2. The van der Waals surface area contributed by atoms with Crippen LogP contribution < -0.4 is 10.1 Å². The second-order valence-corrected chi connectivity index (χ2v) is 5.87. The largest absolute Gasteiger partial charge is 0.492 e. The minimum Gasteiger partial charge on any atom is -0.492 e. The van der Waals surface area contributed by atoms with E-state index in [1.807, 2.05) is 0 Å². The Morgan fingerprint density at radius 1 is 1.28 bits per heavy atom. The smallest absolute Gasteiger partial charge is 0.416 e. The number of nitrogens with one attached hydrogen (secondary N) is 2. The summed E-state index contributed by atoms with van der Waals surface area (Å²) in [6.07, 6.45) is -0.567. The van der Waals surface area contributed by atoms with Crippen LogP contribution in [0.4, 0.5) is 13.2 Å². The number of halogens is 3. The second-order valence-electron chi connectivity index (χ2n) is 5.87. The van der Waals surface area contributed by atoms with Gasteiger partial charge in [-0.3, -0.25) is 9.89 Å². The molecule has 0 bridgehead atoms. The Labute approximate surface area is 142 Å². The van der Waals surface area contributed by atoms with E-state index in [1.54, 1.807) is 0 Å². The highest BCUT2D eigenvalue weighted by molar-refractivity contribution is 5.94. The molecule has 0 spiro atoms. The molecule has 0 radical (unpaired) electrons. The lowest BCUT2D eigenvalue weighted by molar-refractivity contribution is -0.137. The number of hydrogen-bond donors (Lipinski definition) is 2. The van der Waals surface area contributed by atoms with Crippen LogP contribution in [0.25, 0.3) is 0 Å². The van der Waals surface area contributed by atoms with Crippen LogP contribution in [0.15, 0.2) is 24.3 Å². The van der Waals surface area contributed by atoms with Crippen LogP contribution in [-0.4, -0.2) is 29.3 Å². The van der Waals surface area contributed by atoms with Gasteiger partial charge >= 0.3 is 6.18 Å². The zero-order valence-corrected chi connectivity index (χ0v) is 13.4. The summed E-state index contributed by atoms with van der Waals surface area (Å²) in [5.41, 5.74) is 1.60. The summed E-state index contributed by atoms with van der Waals surface area (Å²) in [6.45, 7) is 0.246. The summed E-state index contributed by atoms with van der Waals surface area (Å²) >= 11 is 0. The fourth-order valence-corrected chi connectivity index (χ4v) is 2.85. The third kappa shape index (κ3) is 4.12. The predicted molar refractivity (Wildman–Crippen MR) is 84.5 cm³/mol. The number of H-pyrrole nitrogens is 1. The van der Waals surface area contributed by atoms with Crippen molar-refractivity contribution in [3.63, 3.8) is 0 Å². The van der Waals surface area contributed by atoms with Crippen molar-refractivity contribution in [2.45, 2.75) is 31.9 Å². The van der Waals surface area contributed by atoms with E-state index in [1.165, 1.54) is 12.1 Å². The Hall–Kier alpha value is -2.51. The van der Waals surface area contributed by atoms with Crippen LogP contribution in [-0.2, 0) is 19.0 Å². The SMILES string of the molecule is O=C(NCCOc1cccc(C(F)(F)F)c1)c1n[nH]c2c1CCCC2. The molecule has 0 unspecified atom stereocenters. The highest BCUT2D eigenvalue weighted by Crippen LogP contribution is 2.31. The van der Waals surface area contributed by atoms with Gasteiger partial charge in [-0.1, -0.05) is 6.07 Å². The van der Waals surface area contributed by atoms with Gasteiger partial charge in [0, 0.05) is 11.3 Å². The number of alkyl halides is 3. The van der Waals surface area contributed by atoms with Crippen molar-refractivity contribution in [3.05, 3.63) is 46.8 Å². The van der Waals surface area contributed by atoms with Gasteiger partial charge in [0.2, 0.25) is 0 Å². The average Bonchev–Trinajstić information content (AvgIpc) is 3.02. The molecule has 1 aromatic heterocycles. The van der Waals surface area contributed by atoms with Crippen molar-refractivity contribution in [2.75, 3.05) is 13.2 Å². The predicted octanol–water partition coefficient (Wildman–Crippen LogP) is 3.12. The first-order valence-electron chi connectivity index (χ1n) is 8.09. The minimum absolute atomic E-state index is 0.0691. The third-order valence-corrected chi connectivity index (χ3v) is 4.09. The van der Waals surface area contributed by atoms with Gasteiger partial charge in [0.15, 0.2) is 5.69 Å². The number of fused-ring (bicyclic) bond motifs is 1. The molecule has 0 fully saturated rings. The summed E-state index contributed by atoms with van der Waals surface area (Å²) in [5, 5.41) is 9.65. The van der Waals surface area contributed by atoms with Crippen LogP contribution >= 0.6 is 0 Å². The zero-order valence-electron chi connectivity index (χ0n) is 13.4. The molecule has 0 atom stereocenters. The molecule has 25 heavy (non-hydrogen) atoms. The van der Waals surface area contributed by atoms with Crippen molar-refractivity contribution in [3.8, 4) is 5.75 Å². The maximum atomic E-state index is 12.6. The molecule has 2 aromatic rings. The first-order valence-corrected chi connectivity index (χ1v) is 8.09. The Bertz CT molecular complexity index is 756. The number of nitrogens with zero attached hydrogens (tertiary/aromatic N) is 1. The normalized spacial score (nSPS) is 14.0. The Morgan fingerprint density at radius 3 is 2.88 bits per heavy atom. The quantitative estimate of drug-likeness (QED) is 0.812. The lowest BCUT2D eigenvalue weighted by Crippen LogP contribution is -2.29. The van der Waals surface area contributed by atoms with Gasteiger partial charge in [0.1, 0.15) is 12.4 Å². The van der Waals surface area contributed by atoms with Gasteiger partial charge in [0.25, 0.3) is 5.91 Å². The Morgan fingerprint density at radius 2 is 2.08 bits per heavy atom. The maximum Gasteiger partial charge on any atom is 0.416 e. The van der Waals surface area contributed by atoms with E-state index in [2.05, 4.69) is 15.5 Å². The Kier molecular flexibility index (Phi) is 4.96. The van der Waals surface area contributed by atoms with Crippen molar-refractivity contribution in [1.29, 1.82) is 0 Å². The molecule has 0 aliphatic heterocycles. The first-order chi connectivity index (χ1) is 11.9. The number of carbonyl (C=O) groups excluding carboxylic acids is 1. The van der Waals surface area contributed by atoms with Crippen LogP contribution in [0.2, 0.25) is 0 Å². The van der Waals surface area contributed by atoms with E-state index in [9.17, 15) is 18.0 Å². The minimum atomic E-state index is -4.41. The number of aromatic amines is 1. The lowest BCUT2D eigenvalue weighted by Gasteiger charge is -2.12. The highest BCUT2D eigenvalue weighted by atomic mass is 19.4. The van der Waals surface area contributed by atoms with Gasteiger partial charge in [-0.25, -0.2) is 0 Å². The van der Waals surface area contributed by atoms with Gasteiger partial charge < -0.3 is 10.1 Å². The summed E-state index contributed by atoms with van der Waals surface area (Å²) in [5.74, 6) is -0.187. The average molecular weight is 353 g/mol. The summed E-state index contributed by atoms with van der Waals surface area (Å²) in [4.78, 5) is 12.2. The number of hydrogen-bond acceptors (Lipinski definition) is 3. The third-order valence-electron chi connectivity index (χ3n) is 4.09. The van der Waals surface area contributed by atoms with Crippen molar-refractivity contribution < 1.29 is 22.7 Å². The fraction of sp³-hybridized carbons (Fsp3) is 0.412. The number of ether oxygens (including phenoxy) is 1.